The third-order valence-corrected chi connectivity index (χ3v) is 3.62. The highest BCUT2D eigenvalue weighted by Gasteiger charge is 2.24. The molecule has 6 nitrogen and oxygen atoms in total. The van der Waals surface area contributed by atoms with Crippen molar-refractivity contribution in [3.63, 3.8) is 0 Å². The second-order valence-corrected chi connectivity index (χ2v) is 5.96. The maximum atomic E-state index is 12.3. The van der Waals surface area contributed by atoms with Crippen molar-refractivity contribution in [2.24, 2.45) is 5.92 Å². The number of methoxy groups -OCH3 is 1. The van der Waals surface area contributed by atoms with E-state index >= 15 is 0 Å². The molecule has 1 atom stereocenters. The van der Waals surface area contributed by atoms with E-state index in [0.29, 0.717) is 17.9 Å². The lowest BCUT2D eigenvalue weighted by Crippen LogP contribution is -2.50. The van der Waals surface area contributed by atoms with Gasteiger partial charge in [-0.1, -0.05) is 20.8 Å². The van der Waals surface area contributed by atoms with Gasteiger partial charge in [-0.2, -0.15) is 0 Å². The number of rotatable bonds is 10. The molecule has 0 aliphatic carbocycles. The molecular weight excluding hydrogens is 342 g/mol. The minimum absolute atomic E-state index is 0. The van der Waals surface area contributed by atoms with Crippen LogP contribution in [0.15, 0.2) is 24.3 Å². The van der Waals surface area contributed by atoms with Crippen molar-refractivity contribution in [2.45, 2.75) is 33.2 Å². The number of benzene rings is 1. The van der Waals surface area contributed by atoms with Crippen molar-refractivity contribution in [1.29, 1.82) is 0 Å². The second-order valence-electron chi connectivity index (χ2n) is 5.96. The first-order chi connectivity index (χ1) is 11.5. The highest BCUT2D eigenvalue weighted by molar-refractivity contribution is 5.97. The molecule has 1 aromatic rings. The quantitative estimate of drug-likeness (QED) is 0.549. The first kappa shape index (κ1) is 23.2. The molecule has 1 aromatic carbocycles. The molecule has 0 bridgehead atoms. The molecule has 0 aromatic heterocycles. The summed E-state index contributed by atoms with van der Waals surface area (Å²) in [5, 5.41) is 8.89. The van der Waals surface area contributed by atoms with E-state index in [1.807, 2.05) is 13.8 Å². The van der Waals surface area contributed by atoms with Crippen molar-refractivity contribution < 1.29 is 14.3 Å². The van der Waals surface area contributed by atoms with E-state index in [2.05, 4.69) is 22.9 Å². The highest BCUT2D eigenvalue weighted by atomic mass is 35.5. The Kier molecular flexibility index (Phi) is 11.7. The molecule has 3 N–H and O–H groups in total. The Morgan fingerprint density at radius 3 is 2.24 bits per heavy atom. The van der Waals surface area contributed by atoms with Crippen LogP contribution in [-0.4, -0.2) is 44.6 Å². The fourth-order valence-corrected chi connectivity index (χ4v) is 2.19. The van der Waals surface area contributed by atoms with Crippen molar-refractivity contribution in [3.8, 4) is 5.75 Å². The van der Waals surface area contributed by atoms with Crippen LogP contribution in [0, 0.1) is 5.92 Å². The smallest absolute Gasteiger partial charge is 0.251 e. The molecule has 1 rings (SSSR count). The van der Waals surface area contributed by atoms with Crippen molar-refractivity contribution in [1.82, 2.24) is 16.0 Å². The number of halogens is 1. The summed E-state index contributed by atoms with van der Waals surface area (Å²) in [6.07, 6.45) is 1.06. The van der Waals surface area contributed by atoms with Crippen LogP contribution in [0.2, 0.25) is 0 Å². The van der Waals surface area contributed by atoms with Gasteiger partial charge in [0.15, 0.2) is 0 Å². The van der Waals surface area contributed by atoms with Gasteiger partial charge in [-0.15, -0.1) is 12.4 Å². The van der Waals surface area contributed by atoms with Crippen LogP contribution in [0.25, 0.3) is 0 Å². The van der Waals surface area contributed by atoms with E-state index in [0.717, 1.165) is 19.5 Å². The molecule has 0 saturated heterocycles. The average molecular weight is 372 g/mol. The molecule has 7 heteroatoms. The first-order valence-corrected chi connectivity index (χ1v) is 8.43. The fraction of sp³-hybridized carbons (Fsp3) is 0.556. The maximum absolute atomic E-state index is 12.3. The highest BCUT2D eigenvalue weighted by Crippen LogP contribution is 2.12. The van der Waals surface area contributed by atoms with Gasteiger partial charge in [-0.25, -0.2) is 0 Å². The van der Waals surface area contributed by atoms with E-state index in [4.69, 9.17) is 4.74 Å². The normalized spacial score (nSPS) is 11.4. The molecule has 0 fully saturated rings. The summed E-state index contributed by atoms with van der Waals surface area (Å²) in [6.45, 7) is 8.10. The van der Waals surface area contributed by atoms with Gasteiger partial charge in [0.25, 0.3) is 5.91 Å². The third kappa shape index (κ3) is 8.23. The van der Waals surface area contributed by atoms with Gasteiger partial charge in [-0.05, 0) is 43.1 Å². The second kappa shape index (κ2) is 12.6. The Hall–Kier alpha value is -1.79. The van der Waals surface area contributed by atoms with Crippen LogP contribution >= 0.6 is 12.4 Å². The molecule has 142 valence electrons. The predicted molar refractivity (Wildman–Crippen MR) is 103 cm³/mol. The van der Waals surface area contributed by atoms with E-state index in [1.54, 1.807) is 31.4 Å². The molecule has 0 radical (unpaired) electrons. The van der Waals surface area contributed by atoms with Crippen LogP contribution in [0.4, 0.5) is 0 Å². The molecule has 0 saturated carbocycles. The van der Waals surface area contributed by atoms with Crippen LogP contribution in [-0.2, 0) is 4.79 Å². The Bertz CT molecular complexity index is 521. The van der Waals surface area contributed by atoms with E-state index in [1.165, 1.54) is 0 Å². The molecule has 2 amide bonds. The molecule has 0 aliphatic heterocycles. The monoisotopic (exact) mass is 371 g/mol. The average Bonchev–Trinajstić information content (AvgIpc) is 2.58. The van der Waals surface area contributed by atoms with Crippen LogP contribution in [0.5, 0.6) is 5.75 Å². The molecule has 0 aliphatic rings. The van der Waals surface area contributed by atoms with Crippen LogP contribution < -0.4 is 20.7 Å². The molecule has 0 heterocycles. The fourth-order valence-electron chi connectivity index (χ4n) is 2.19. The van der Waals surface area contributed by atoms with E-state index < -0.39 is 6.04 Å². The number of hydrogen-bond acceptors (Lipinski definition) is 4. The topological polar surface area (TPSA) is 79.5 Å². The number of ether oxygens (including phenoxy) is 1. The van der Waals surface area contributed by atoms with Gasteiger partial charge < -0.3 is 20.7 Å². The number of amides is 2. The lowest BCUT2D eigenvalue weighted by atomic mass is 10.0. The summed E-state index contributed by atoms with van der Waals surface area (Å²) in [4.78, 5) is 24.6. The first-order valence-electron chi connectivity index (χ1n) is 8.43. The molecule has 1 unspecified atom stereocenters. The summed E-state index contributed by atoms with van der Waals surface area (Å²) >= 11 is 0. The number of nitrogens with one attached hydrogen (secondary N) is 3. The van der Waals surface area contributed by atoms with Crippen LogP contribution in [0.1, 0.15) is 37.6 Å². The molecular formula is C18H30ClN3O3. The van der Waals surface area contributed by atoms with Crippen molar-refractivity contribution in [2.75, 3.05) is 26.7 Å². The zero-order valence-electron chi connectivity index (χ0n) is 15.4. The maximum Gasteiger partial charge on any atom is 0.251 e. The summed E-state index contributed by atoms with van der Waals surface area (Å²) in [5.74, 6) is 0.251. The van der Waals surface area contributed by atoms with Gasteiger partial charge in [0.2, 0.25) is 5.91 Å². The Morgan fingerprint density at radius 1 is 1.08 bits per heavy atom. The zero-order valence-corrected chi connectivity index (χ0v) is 16.2. The Balaban J connectivity index is 0.00000576. The van der Waals surface area contributed by atoms with Gasteiger partial charge in [0, 0.05) is 18.7 Å². The number of hydrogen-bond donors (Lipinski definition) is 3. The number of carbonyl (C=O) groups is 2. The third-order valence-electron chi connectivity index (χ3n) is 3.62. The van der Waals surface area contributed by atoms with Crippen LogP contribution in [0.3, 0.4) is 0 Å². The lowest BCUT2D eigenvalue weighted by Gasteiger charge is -2.22. The Morgan fingerprint density at radius 2 is 1.72 bits per heavy atom. The Labute approximate surface area is 156 Å². The summed E-state index contributed by atoms with van der Waals surface area (Å²) in [7, 11) is 1.57. The summed E-state index contributed by atoms with van der Waals surface area (Å²) in [6, 6.07) is 6.24. The van der Waals surface area contributed by atoms with E-state index in [9.17, 15) is 9.59 Å². The SMILES string of the molecule is CCCNCCNC(=O)C(NC(=O)c1ccc(OC)cc1)C(C)C.Cl. The van der Waals surface area contributed by atoms with Gasteiger partial charge in [-0.3, -0.25) is 9.59 Å². The standard InChI is InChI=1S/C18H29N3O3.ClH/c1-5-10-19-11-12-20-18(23)16(13(2)3)21-17(22)14-6-8-15(24-4)9-7-14;/h6-9,13,16,19H,5,10-12H2,1-4H3,(H,20,23)(H,21,22);1H. The molecule has 0 spiro atoms. The largest absolute Gasteiger partial charge is 0.497 e. The predicted octanol–water partition coefficient (Wildman–Crippen LogP) is 1.99. The van der Waals surface area contributed by atoms with Gasteiger partial charge >= 0.3 is 0 Å². The minimum atomic E-state index is -0.564. The summed E-state index contributed by atoms with van der Waals surface area (Å²) < 4.78 is 5.08. The molecule has 25 heavy (non-hydrogen) atoms. The van der Waals surface area contributed by atoms with Crippen molar-refractivity contribution in [3.05, 3.63) is 29.8 Å². The lowest BCUT2D eigenvalue weighted by molar-refractivity contribution is -0.123. The minimum Gasteiger partial charge on any atom is -0.497 e. The van der Waals surface area contributed by atoms with E-state index in [-0.39, 0.29) is 30.1 Å². The summed E-state index contributed by atoms with van der Waals surface area (Å²) in [5.41, 5.74) is 0.499. The van der Waals surface area contributed by atoms with Gasteiger partial charge in [0.05, 0.1) is 7.11 Å². The van der Waals surface area contributed by atoms with Crippen molar-refractivity contribution >= 4 is 24.2 Å². The van der Waals surface area contributed by atoms with Gasteiger partial charge in [0.1, 0.15) is 11.8 Å². The number of carbonyl (C=O) groups excluding carboxylic acids is 2. The zero-order chi connectivity index (χ0) is 17.9.